The highest BCUT2D eigenvalue weighted by Crippen LogP contribution is 2.21. The first kappa shape index (κ1) is 19.8. The SMILES string of the molecule is O=C1c2ccccc2C(=O)N1CC[NH+]1CCN(S(=O)(=O)Cc2ccccc2)CC1. The Kier molecular flexibility index (Phi) is 5.49. The highest BCUT2D eigenvalue weighted by molar-refractivity contribution is 7.88. The van der Waals surface area contributed by atoms with Gasteiger partial charge in [-0.1, -0.05) is 42.5 Å². The van der Waals surface area contributed by atoms with Gasteiger partial charge in [0.05, 0.1) is 56.1 Å². The lowest BCUT2D eigenvalue weighted by Gasteiger charge is -2.32. The van der Waals surface area contributed by atoms with Gasteiger partial charge in [0.25, 0.3) is 11.8 Å². The summed E-state index contributed by atoms with van der Waals surface area (Å²) in [5, 5.41) is 0. The van der Waals surface area contributed by atoms with Gasteiger partial charge in [0.1, 0.15) is 0 Å². The van der Waals surface area contributed by atoms with Crippen LogP contribution in [0.25, 0.3) is 0 Å². The molecule has 1 N–H and O–H groups in total. The van der Waals surface area contributed by atoms with Gasteiger partial charge in [0.15, 0.2) is 0 Å². The van der Waals surface area contributed by atoms with Crippen molar-refractivity contribution in [2.24, 2.45) is 0 Å². The van der Waals surface area contributed by atoms with E-state index in [0.717, 1.165) is 5.56 Å². The van der Waals surface area contributed by atoms with Gasteiger partial charge in [-0.25, -0.2) is 8.42 Å². The number of carbonyl (C=O) groups excluding carboxylic acids is 2. The Labute approximate surface area is 170 Å². The second-order valence-electron chi connectivity index (χ2n) is 7.45. The molecule has 0 atom stereocenters. The fraction of sp³-hybridized carbons (Fsp3) is 0.333. The molecule has 8 heteroatoms. The summed E-state index contributed by atoms with van der Waals surface area (Å²) in [4.78, 5) is 27.4. The van der Waals surface area contributed by atoms with Gasteiger partial charge in [-0.05, 0) is 17.7 Å². The van der Waals surface area contributed by atoms with E-state index in [-0.39, 0.29) is 17.6 Å². The third-order valence-electron chi connectivity index (χ3n) is 5.58. The van der Waals surface area contributed by atoms with Crippen molar-refractivity contribution >= 4 is 21.8 Å². The van der Waals surface area contributed by atoms with E-state index in [0.29, 0.717) is 50.4 Å². The normalized spacial score (nSPS) is 18.3. The average Bonchev–Trinajstić information content (AvgIpc) is 2.98. The molecule has 4 rings (SSSR count). The summed E-state index contributed by atoms with van der Waals surface area (Å²) < 4.78 is 26.9. The van der Waals surface area contributed by atoms with Gasteiger partial charge in [-0.15, -0.1) is 0 Å². The van der Waals surface area contributed by atoms with E-state index in [9.17, 15) is 18.0 Å². The molecule has 0 aliphatic carbocycles. The fourth-order valence-corrected chi connectivity index (χ4v) is 5.45. The lowest BCUT2D eigenvalue weighted by Crippen LogP contribution is -3.15. The lowest BCUT2D eigenvalue weighted by atomic mass is 10.1. The summed E-state index contributed by atoms with van der Waals surface area (Å²) in [7, 11) is -3.34. The Morgan fingerprint density at radius 1 is 0.828 bits per heavy atom. The number of hydrogen-bond donors (Lipinski definition) is 1. The van der Waals surface area contributed by atoms with Gasteiger partial charge in [-0.2, -0.15) is 4.31 Å². The number of sulfonamides is 1. The zero-order valence-electron chi connectivity index (χ0n) is 16.1. The number of amides is 2. The van der Waals surface area contributed by atoms with Crippen molar-refractivity contribution in [1.82, 2.24) is 9.21 Å². The van der Waals surface area contributed by atoms with Crippen LogP contribution in [0.15, 0.2) is 54.6 Å². The predicted molar refractivity (Wildman–Crippen MR) is 108 cm³/mol. The van der Waals surface area contributed by atoms with E-state index in [1.165, 1.54) is 9.80 Å². The Balaban J connectivity index is 1.30. The molecule has 0 bridgehead atoms. The molecule has 7 nitrogen and oxygen atoms in total. The first-order valence-corrected chi connectivity index (χ1v) is 11.4. The molecule has 2 aliphatic rings. The number of benzene rings is 2. The molecular formula is C21H24N3O4S+. The van der Waals surface area contributed by atoms with Crippen LogP contribution < -0.4 is 4.90 Å². The number of hydrogen-bond acceptors (Lipinski definition) is 4. The molecule has 0 radical (unpaired) electrons. The van der Waals surface area contributed by atoms with Crippen LogP contribution in [0.2, 0.25) is 0 Å². The Morgan fingerprint density at radius 2 is 1.38 bits per heavy atom. The minimum absolute atomic E-state index is 0.0121. The lowest BCUT2D eigenvalue weighted by molar-refractivity contribution is -0.902. The number of imide groups is 1. The molecule has 1 fully saturated rings. The zero-order chi connectivity index (χ0) is 20.4. The first-order valence-electron chi connectivity index (χ1n) is 9.76. The van der Waals surface area contributed by atoms with E-state index in [1.54, 1.807) is 28.6 Å². The molecule has 2 amide bonds. The summed E-state index contributed by atoms with van der Waals surface area (Å²) in [6, 6.07) is 16.1. The Morgan fingerprint density at radius 3 is 1.97 bits per heavy atom. The van der Waals surface area contributed by atoms with Crippen LogP contribution in [-0.4, -0.2) is 68.7 Å². The predicted octanol–water partition coefficient (Wildman–Crippen LogP) is 0.0131. The van der Waals surface area contributed by atoms with E-state index in [4.69, 9.17) is 0 Å². The maximum absolute atomic E-state index is 12.7. The van der Waals surface area contributed by atoms with Gasteiger partial charge in [0.2, 0.25) is 10.0 Å². The minimum atomic E-state index is -3.34. The van der Waals surface area contributed by atoms with Crippen LogP contribution in [0.3, 0.4) is 0 Å². The fourth-order valence-electron chi connectivity index (χ4n) is 3.92. The third-order valence-corrected chi connectivity index (χ3v) is 7.43. The molecule has 2 aliphatic heterocycles. The van der Waals surface area contributed by atoms with Crippen LogP contribution in [0.4, 0.5) is 0 Å². The largest absolute Gasteiger partial charge is 0.331 e. The van der Waals surface area contributed by atoms with Crippen LogP contribution in [0.5, 0.6) is 0 Å². The van der Waals surface area contributed by atoms with Crippen molar-refractivity contribution in [1.29, 1.82) is 0 Å². The number of quaternary nitrogens is 1. The van der Waals surface area contributed by atoms with Crippen molar-refractivity contribution in [2.75, 3.05) is 39.3 Å². The molecule has 0 unspecified atom stereocenters. The number of rotatable bonds is 6. The van der Waals surface area contributed by atoms with Crippen molar-refractivity contribution in [3.63, 3.8) is 0 Å². The third kappa shape index (κ3) is 4.10. The second kappa shape index (κ2) is 8.06. The van der Waals surface area contributed by atoms with Crippen LogP contribution in [0, 0.1) is 0 Å². The minimum Gasteiger partial charge on any atom is -0.331 e. The average molecular weight is 415 g/mol. The molecule has 152 valence electrons. The van der Waals surface area contributed by atoms with Crippen LogP contribution in [0.1, 0.15) is 26.3 Å². The Hall–Kier alpha value is -2.55. The van der Waals surface area contributed by atoms with E-state index in [1.807, 2.05) is 30.3 Å². The number of nitrogens with one attached hydrogen (secondary N) is 1. The molecule has 0 aromatic heterocycles. The van der Waals surface area contributed by atoms with Gasteiger partial charge in [-0.3, -0.25) is 14.5 Å². The standard InChI is InChI=1S/C21H23N3O4S/c25-20-18-8-4-5-9-19(18)21(26)24(20)15-12-22-10-13-23(14-11-22)29(27,28)16-17-6-2-1-3-7-17/h1-9H,10-16H2/p+1. The van der Waals surface area contributed by atoms with Gasteiger partial charge in [0, 0.05) is 0 Å². The molecule has 1 saturated heterocycles. The molecule has 2 aromatic rings. The van der Waals surface area contributed by atoms with Crippen molar-refractivity contribution in [2.45, 2.75) is 5.75 Å². The molecule has 2 aromatic carbocycles. The Bertz CT molecular complexity index is 980. The van der Waals surface area contributed by atoms with Crippen molar-refractivity contribution in [3.05, 3.63) is 71.3 Å². The van der Waals surface area contributed by atoms with Crippen molar-refractivity contribution < 1.29 is 22.9 Å². The number of fused-ring (bicyclic) bond motifs is 1. The second-order valence-corrected chi connectivity index (χ2v) is 9.42. The van der Waals surface area contributed by atoms with Crippen LogP contribution in [-0.2, 0) is 15.8 Å². The topological polar surface area (TPSA) is 79.2 Å². The summed E-state index contributed by atoms with van der Waals surface area (Å²) in [5.74, 6) is -0.471. The highest BCUT2D eigenvalue weighted by atomic mass is 32.2. The molecule has 2 heterocycles. The monoisotopic (exact) mass is 414 g/mol. The zero-order valence-corrected chi connectivity index (χ0v) is 16.9. The van der Waals surface area contributed by atoms with Gasteiger partial charge >= 0.3 is 0 Å². The van der Waals surface area contributed by atoms with Crippen molar-refractivity contribution in [3.8, 4) is 0 Å². The number of nitrogens with zero attached hydrogens (tertiary/aromatic N) is 2. The molecule has 0 spiro atoms. The summed E-state index contributed by atoms with van der Waals surface area (Å²) >= 11 is 0. The maximum atomic E-state index is 12.7. The first-order chi connectivity index (χ1) is 14.0. The van der Waals surface area contributed by atoms with Crippen LogP contribution >= 0.6 is 0 Å². The molecule has 0 saturated carbocycles. The maximum Gasteiger partial charge on any atom is 0.261 e. The van der Waals surface area contributed by atoms with E-state index in [2.05, 4.69) is 0 Å². The summed E-state index contributed by atoms with van der Waals surface area (Å²) in [5.41, 5.74) is 1.71. The van der Waals surface area contributed by atoms with Gasteiger partial charge < -0.3 is 4.90 Å². The quantitative estimate of drug-likeness (QED) is 0.676. The molecule has 29 heavy (non-hydrogen) atoms. The summed E-state index contributed by atoms with van der Waals surface area (Å²) in [6.07, 6.45) is 0. The highest BCUT2D eigenvalue weighted by Gasteiger charge is 2.36. The number of carbonyl (C=O) groups is 2. The molecular weight excluding hydrogens is 390 g/mol. The number of piperazine rings is 1. The smallest absolute Gasteiger partial charge is 0.261 e. The van der Waals surface area contributed by atoms with E-state index >= 15 is 0 Å². The van der Waals surface area contributed by atoms with E-state index < -0.39 is 10.0 Å². The summed E-state index contributed by atoms with van der Waals surface area (Å²) in [6.45, 7) is 3.20.